The molecule has 4 aromatic rings. The predicted molar refractivity (Wildman–Crippen MR) is 124 cm³/mol. The third-order valence-electron chi connectivity index (χ3n) is 5.29. The fourth-order valence-electron chi connectivity index (χ4n) is 3.65. The number of carbonyl (C=O) groups is 1. The standard InChI is InChI=1S/C24H26N6O2/c1-4-32-14-30-22-12-21(18-7-5-17(6-8-18)16(3)28-24(25)31)27-13-20(22)23(29-30)19-9-10-26-15(2)11-19/h5-13,16H,4,14H2,1-3H3,(H3,25,28,31). The average molecular weight is 431 g/mol. The molecule has 8 heteroatoms. The van der Waals surface area contributed by atoms with Gasteiger partial charge in [0.25, 0.3) is 0 Å². The van der Waals surface area contributed by atoms with Gasteiger partial charge in [-0.25, -0.2) is 9.48 Å². The lowest BCUT2D eigenvalue weighted by Crippen LogP contribution is -2.31. The van der Waals surface area contributed by atoms with Gasteiger partial charge in [0.15, 0.2) is 0 Å². The minimum atomic E-state index is -0.545. The molecule has 1 atom stereocenters. The van der Waals surface area contributed by atoms with Crippen LogP contribution in [0.1, 0.15) is 31.1 Å². The van der Waals surface area contributed by atoms with Gasteiger partial charge in [0.1, 0.15) is 12.4 Å². The van der Waals surface area contributed by atoms with Gasteiger partial charge in [-0.2, -0.15) is 5.10 Å². The van der Waals surface area contributed by atoms with E-state index in [-0.39, 0.29) is 6.04 Å². The average Bonchev–Trinajstić information content (AvgIpc) is 3.15. The van der Waals surface area contributed by atoms with Crippen molar-refractivity contribution < 1.29 is 9.53 Å². The van der Waals surface area contributed by atoms with Crippen molar-refractivity contribution in [2.45, 2.75) is 33.5 Å². The summed E-state index contributed by atoms with van der Waals surface area (Å²) < 4.78 is 7.51. The van der Waals surface area contributed by atoms with E-state index in [0.29, 0.717) is 13.3 Å². The van der Waals surface area contributed by atoms with Gasteiger partial charge in [-0.3, -0.25) is 9.97 Å². The summed E-state index contributed by atoms with van der Waals surface area (Å²) in [6, 6.07) is 13.2. The van der Waals surface area contributed by atoms with Crippen LogP contribution in [0.3, 0.4) is 0 Å². The van der Waals surface area contributed by atoms with E-state index >= 15 is 0 Å². The van der Waals surface area contributed by atoms with Crippen molar-refractivity contribution >= 4 is 16.9 Å². The molecule has 0 saturated carbocycles. The number of nitrogens with zero attached hydrogens (tertiary/aromatic N) is 4. The van der Waals surface area contributed by atoms with Gasteiger partial charge in [0.05, 0.1) is 17.3 Å². The molecule has 32 heavy (non-hydrogen) atoms. The molecule has 0 aliphatic carbocycles. The topological polar surface area (TPSA) is 108 Å². The van der Waals surface area contributed by atoms with Crippen molar-refractivity contribution in [3.05, 3.63) is 66.1 Å². The van der Waals surface area contributed by atoms with Gasteiger partial charge in [-0.1, -0.05) is 24.3 Å². The number of aryl methyl sites for hydroxylation is 1. The molecule has 8 nitrogen and oxygen atoms in total. The van der Waals surface area contributed by atoms with Crippen LogP contribution in [0.5, 0.6) is 0 Å². The van der Waals surface area contributed by atoms with Gasteiger partial charge < -0.3 is 15.8 Å². The van der Waals surface area contributed by atoms with E-state index in [1.54, 1.807) is 6.20 Å². The Morgan fingerprint density at radius 1 is 1.16 bits per heavy atom. The van der Waals surface area contributed by atoms with Crippen LogP contribution < -0.4 is 11.1 Å². The van der Waals surface area contributed by atoms with Crippen molar-refractivity contribution in [1.82, 2.24) is 25.1 Å². The molecular weight excluding hydrogens is 404 g/mol. The summed E-state index contributed by atoms with van der Waals surface area (Å²) in [6.07, 6.45) is 3.64. The van der Waals surface area contributed by atoms with Crippen LogP contribution in [0, 0.1) is 6.92 Å². The van der Waals surface area contributed by atoms with Crippen LogP contribution in [-0.4, -0.2) is 32.4 Å². The molecule has 4 rings (SSSR count). The zero-order valence-corrected chi connectivity index (χ0v) is 18.4. The van der Waals surface area contributed by atoms with E-state index in [2.05, 4.69) is 10.3 Å². The number of urea groups is 1. The Kier molecular flexibility index (Phi) is 6.13. The van der Waals surface area contributed by atoms with Crippen LogP contribution in [0.25, 0.3) is 33.4 Å². The number of carbonyl (C=O) groups excluding carboxylic acids is 1. The molecule has 0 saturated heterocycles. The number of hydrogen-bond donors (Lipinski definition) is 2. The molecule has 2 amide bonds. The summed E-state index contributed by atoms with van der Waals surface area (Å²) >= 11 is 0. The Morgan fingerprint density at radius 2 is 1.94 bits per heavy atom. The van der Waals surface area contributed by atoms with Crippen LogP contribution in [0.15, 0.2) is 54.9 Å². The monoisotopic (exact) mass is 430 g/mol. The zero-order chi connectivity index (χ0) is 22.7. The Bertz CT molecular complexity index is 1250. The maximum Gasteiger partial charge on any atom is 0.312 e. The van der Waals surface area contributed by atoms with Crippen LogP contribution in [0.4, 0.5) is 4.79 Å². The lowest BCUT2D eigenvalue weighted by atomic mass is 10.0. The fourth-order valence-corrected chi connectivity index (χ4v) is 3.65. The summed E-state index contributed by atoms with van der Waals surface area (Å²) in [5.41, 5.74) is 11.7. The number of aromatic nitrogens is 4. The quantitative estimate of drug-likeness (QED) is 0.457. The summed E-state index contributed by atoms with van der Waals surface area (Å²) in [6.45, 7) is 6.76. The maximum absolute atomic E-state index is 11.1. The Labute approximate surface area is 186 Å². The second-order valence-electron chi connectivity index (χ2n) is 7.59. The molecule has 0 bridgehead atoms. The third-order valence-corrected chi connectivity index (χ3v) is 5.29. The van der Waals surface area contributed by atoms with Gasteiger partial charge >= 0.3 is 6.03 Å². The first-order valence-electron chi connectivity index (χ1n) is 10.5. The number of ether oxygens (including phenoxy) is 1. The summed E-state index contributed by atoms with van der Waals surface area (Å²) in [5, 5.41) is 8.45. The van der Waals surface area contributed by atoms with Crippen molar-refractivity contribution in [2.24, 2.45) is 5.73 Å². The molecule has 3 N–H and O–H groups in total. The molecule has 1 unspecified atom stereocenters. The summed E-state index contributed by atoms with van der Waals surface area (Å²) in [5.74, 6) is 0. The minimum Gasteiger partial charge on any atom is -0.360 e. The second-order valence-corrected chi connectivity index (χ2v) is 7.59. The molecule has 1 aromatic carbocycles. The highest BCUT2D eigenvalue weighted by Gasteiger charge is 2.15. The first kappa shape index (κ1) is 21.5. The van der Waals surface area contributed by atoms with Crippen molar-refractivity contribution in [2.75, 3.05) is 6.61 Å². The van der Waals surface area contributed by atoms with Gasteiger partial charge in [0, 0.05) is 41.2 Å². The van der Waals surface area contributed by atoms with E-state index in [1.807, 2.05) is 74.1 Å². The number of nitrogens with two attached hydrogens (primary N) is 1. The second kappa shape index (κ2) is 9.15. The number of primary amides is 1. The van der Waals surface area contributed by atoms with Crippen molar-refractivity contribution in [1.29, 1.82) is 0 Å². The Balaban J connectivity index is 1.73. The number of pyridine rings is 2. The zero-order valence-electron chi connectivity index (χ0n) is 18.4. The predicted octanol–water partition coefficient (Wildman–Crippen LogP) is 4.19. The summed E-state index contributed by atoms with van der Waals surface area (Å²) in [4.78, 5) is 20.1. The van der Waals surface area contributed by atoms with Gasteiger partial charge in [-0.05, 0) is 44.5 Å². The number of hydrogen-bond acceptors (Lipinski definition) is 5. The number of nitrogens with one attached hydrogen (secondary N) is 1. The largest absolute Gasteiger partial charge is 0.360 e. The highest BCUT2D eigenvalue weighted by molar-refractivity contribution is 5.94. The van der Waals surface area contributed by atoms with E-state index < -0.39 is 6.03 Å². The van der Waals surface area contributed by atoms with E-state index in [1.165, 1.54) is 0 Å². The molecular formula is C24H26N6O2. The van der Waals surface area contributed by atoms with E-state index in [9.17, 15) is 4.79 Å². The number of fused-ring (bicyclic) bond motifs is 1. The molecule has 0 spiro atoms. The van der Waals surface area contributed by atoms with Gasteiger partial charge in [-0.15, -0.1) is 0 Å². The van der Waals surface area contributed by atoms with E-state index in [4.69, 9.17) is 20.6 Å². The maximum atomic E-state index is 11.1. The number of benzene rings is 1. The van der Waals surface area contributed by atoms with Crippen molar-refractivity contribution in [3.8, 4) is 22.5 Å². The van der Waals surface area contributed by atoms with E-state index in [0.717, 1.165) is 44.7 Å². The molecule has 0 radical (unpaired) electrons. The minimum absolute atomic E-state index is 0.170. The third kappa shape index (κ3) is 4.45. The molecule has 3 heterocycles. The number of amides is 2. The smallest absolute Gasteiger partial charge is 0.312 e. The Hall–Kier alpha value is -3.78. The molecule has 0 aliphatic rings. The molecule has 0 fully saturated rings. The lowest BCUT2D eigenvalue weighted by Gasteiger charge is -2.13. The first-order chi connectivity index (χ1) is 15.5. The SMILES string of the molecule is CCOCn1nc(-c2ccnc(C)c2)c2cnc(-c3ccc(C(C)NC(N)=O)cc3)cc21. The molecule has 3 aromatic heterocycles. The van der Waals surface area contributed by atoms with Gasteiger partial charge in [0.2, 0.25) is 0 Å². The van der Waals surface area contributed by atoms with Crippen LogP contribution in [0.2, 0.25) is 0 Å². The lowest BCUT2D eigenvalue weighted by molar-refractivity contribution is 0.0825. The molecule has 164 valence electrons. The van der Waals surface area contributed by atoms with Crippen LogP contribution in [-0.2, 0) is 11.5 Å². The first-order valence-corrected chi connectivity index (χ1v) is 10.5. The normalized spacial score (nSPS) is 12.1. The fraction of sp³-hybridized carbons (Fsp3) is 0.250. The van der Waals surface area contributed by atoms with Crippen molar-refractivity contribution in [3.63, 3.8) is 0 Å². The highest BCUT2D eigenvalue weighted by atomic mass is 16.5. The van der Waals surface area contributed by atoms with Crippen LogP contribution >= 0.6 is 0 Å². The highest BCUT2D eigenvalue weighted by Crippen LogP contribution is 2.30. The number of rotatable bonds is 7. The Morgan fingerprint density at radius 3 is 2.62 bits per heavy atom. The summed E-state index contributed by atoms with van der Waals surface area (Å²) in [7, 11) is 0. The molecule has 0 aliphatic heterocycles.